The molecule has 0 bridgehead atoms. The second-order valence-corrected chi connectivity index (χ2v) is 15.3. The zero-order chi connectivity index (χ0) is 37.1. The summed E-state index contributed by atoms with van der Waals surface area (Å²) in [6.07, 6.45) is 3.65. The Morgan fingerprint density at radius 2 is 1.02 bits per heavy atom. The molecule has 5 heterocycles. The highest BCUT2D eigenvalue weighted by Gasteiger charge is 2.21. The molecule has 0 fully saturated rings. The van der Waals surface area contributed by atoms with Crippen molar-refractivity contribution < 1.29 is 0 Å². The number of hydrogen-bond donors (Lipinski definition) is 0. The van der Waals surface area contributed by atoms with Gasteiger partial charge in [0.2, 0.25) is 0 Å². The monoisotopic (exact) mass is 736 g/mol. The topological polar surface area (TPSA) is 61.8 Å². The molecule has 7 aromatic carbocycles. The number of thiophene rings is 1. The fraction of sp³-hybridized carbons (Fsp3) is 0. The predicted molar refractivity (Wildman–Crippen MR) is 233 cm³/mol. The molecule has 0 unspecified atom stereocenters. The fourth-order valence-corrected chi connectivity index (χ4v) is 10.1. The summed E-state index contributed by atoms with van der Waals surface area (Å²) in [7, 11) is 0. The number of benzene rings is 7. The molecule has 262 valence electrons. The smallest absolute Gasteiger partial charge is 0.267 e. The standard InChI is InChI=1S/C49H28N4O2S/c54-48-39-26-37-40-28-50-24-23-43(40)51(29-11-3-1-4-12-29)44(37)27-36(39)34-20-21-35-38-25-31(52-41-17-9-7-15-32(41)33-16-8-10-18-42(33)52)19-22-45(38)56-47(35)46(34)49(55)53(48)30-13-5-2-6-14-30/h1-28H. The first-order chi connectivity index (χ1) is 27.6. The molecule has 7 heteroatoms. The Balaban J connectivity index is 1.23. The first kappa shape index (κ1) is 31.0. The van der Waals surface area contributed by atoms with E-state index in [9.17, 15) is 4.79 Å². The van der Waals surface area contributed by atoms with Gasteiger partial charge < -0.3 is 9.13 Å². The summed E-state index contributed by atoms with van der Waals surface area (Å²) in [5, 5.41) is 8.75. The lowest BCUT2D eigenvalue weighted by Crippen LogP contribution is -2.28. The quantitative estimate of drug-likeness (QED) is 0.181. The van der Waals surface area contributed by atoms with Gasteiger partial charge in [-0.25, -0.2) is 4.57 Å². The van der Waals surface area contributed by atoms with Crippen molar-refractivity contribution in [1.82, 2.24) is 18.7 Å². The number of rotatable bonds is 3. The van der Waals surface area contributed by atoms with E-state index in [1.165, 1.54) is 15.3 Å². The van der Waals surface area contributed by atoms with E-state index in [1.54, 1.807) is 17.5 Å². The van der Waals surface area contributed by atoms with Crippen LogP contribution in [-0.2, 0) is 0 Å². The molecule has 0 amide bonds. The maximum Gasteiger partial charge on any atom is 0.267 e. The predicted octanol–water partition coefficient (Wildman–Crippen LogP) is 11.5. The summed E-state index contributed by atoms with van der Waals surface area (Å²) in [5.41, 5.74) is 6.08. The van der Waals surface area contributed by atoms with E-state index in [2.05, 4.69) is 105 Å². The van der Waals surface area contributed by atoms with Gasteiger partial charge in [-0.15, -0.1) is 11.3 Å². The van der Waals surface area contributed by atoms with Crippen molar-refractivity contribution in [3.63, 3.8) is 0 Å². The summed E-state index contributed by atoms with van der Waals surface area (Å²) in [6.45, 7) is 0. The molecule has 0 aliphatic rings. The van der Waals surface area contributed by atoms with Crippen molar-refractivity contribution in [2.75, 3.05) is 0 Å². The van der Waals surface area contributed by atoms with Gasteiger partial charge in [-0.1, -0.05) is 84.9 Å². The second-order valence-electron chi connectivity index (χ2n) is 14.3. The zero-order valence-corrected chi connectivity index (χ0v) is 30.5. The molecule has 0 radical (unpaired) electrons. The summed E-state index contributed by atoms with van der Waals surface area (Å²) in [4.78, 5) is 34.6. The maximum absolute atomic E-state index is 15.2. The minimum Gasteiger partial charge on any atom is -0.309 e. The highest BCUT2D eigenvalue weighted by atomic mass is 32.1. The van der Waals surface area contributed by atoms with Crippen LogP contribution in [0.2, 0.25) is 0 Å². The molecule has 0 saturated carbocycles. The van der Waals surface area contributed by atoms with Crippen LogP contribution in [0.25, 0.3) is 102 Å². The van der Waals surface area contributed by atoms with Gasteiger partial charge in [0.05, 0.1) is 33.1 Å². The van der Waals surface area contributed by atoms with Gasteiger partial charge in [-0.3, -0.25) is 14.6 Å². The molecule has 56 heavy (non-hydrogen) atoms. The van der Waals surface area contributed by atoms with Crippen molar-refractivity contribution in [2.45, 2.75) is 0 Å². The van der Waals surface area contributed by atoms with Crippen LogP contribution < -0.4 is 11.1 Å². The van der Waals surface area contributed by atoms with Gasteiger partial charge in [0.25, 0.3) is 11.1 Å². The number of fused-ring (bicyclic) bond motifs is 13. The molecular formula is C49H28N4O2S. The van der Waals surface area contributed by atoms with Crippen LogP contribution in [0.1, 0.15) is 0 Å². The lowest BCUT2D eigenvalue weighted by molar-refractivity contribution is 0.977. The average molecular weight is 737 g/mol. The average Bonchev–Trinajstić information content (AvgIpc) is 3.89. The Morgan fingerprint density at radius 3 is 1.75 bits per heavy atom. The Morgan fingerprint density at radius 1 is 0.393 bits per heavy atom. The number of aromatic nitrogens is 4. The fourth-order valence-electron chi connectivity index (χ4n) is 8.90. The van der Waals surface area contributed by atoms with Crippen LogP contribution in [0.4, 0.5) is 0 Å². The lowest BCUT2D eigenvalue weighted by atomic mass is 10.0. The van der Waals surface area contributed by atoms with E-state index in [0.29, 0.717) is 16.5 Å². The Labute approximate surface area is 322 Å². The van der Waals surface area contributed by atoms with Gasteiger partial charge in [-0.05, 0) is 83.6 Å². The van der Waals surface area contributed by atoms with Crippen molar-refractivity contribution in [3.05, 3.63) is 191 Å². The number of para-hydroxylation sites is 4. The van der Waals surface area contributed by atoms with Crippen LogP contribution in [0, 0.1) is 0 Å². The van der Waals surface area contributed by atoms with Crippen molar-refractivity contribution in [1.29, 1.82) is 0 Å². The third kappa shape index (κ3) is 4.23. The summed E-state index contributed by atoms with van der Waals surface area (Å²) >= 11 is 1.60. The lowest BCUT2D eigenvalue weighted by Gasteiger charge is -2.08. The van der Waals surface area contributed by atoms with Gasteiger partial charge in [0, 0.05) is 70.9 Å². The normalized spacial score (nSPS) is 12.1. The van der Waals surface area contributed by atoms with E-state index >= 15 is 4.79 Å². The highest BCUT2D eigenvalue weighted by molar-refractivity contribution is 7.26. The van der Waals surface area contributed by atoms with Gasteiger partial charge in [0.1, 0.15) is 0 Å². The second kappa shape index (κ2) is 11.6. The SMILES string of the molecule is O=c1c2cc3c4cnccc4n(-c4ccccc4)c3cc2c2ccc3c4cc(-n5c6ccccc6c6ccccc65)ccc4sc3c2c(=O)n1-c1ccccc1. The molecule has 0 aliphatic carbocycles. The van der Waals surface area contributed by atoms with Crippen LogP contribution >= 0.6 is 11.3 Å². The Bertz CT molecular complexity index is 3690. The third-order valence-corrected chi connectivity index (χ3v) is 12.5. The minimum absolute atomic E-state index is 0.339. The van der Waals surface area contributed by atoms with Gasteiger partial charge in [0.15, 0.2) is 0 Å². The maximum atomic E-state index is 15.2. The van der Waals surface area contributed by atoms with Crippen LogP contribution in [0.15, 0.2) is 180 Å². The zero-order valence-electron chi connectivity index (χ0n) is 29.7. The largest absolute Gasteiger partial charge is 0.309 e. The van der Waals surface area contributed by atoms with Crippen molar-refractivity contribution in [3.8, 4) is 17.1 Å². The number of pyridine rings is 1. The van der Waals surface area contributed by atoms with E-state index < -0.39 is 0 Å². The van der Waals surface area contributed by atoms with Crippen molar-refractivity contribution in [2.24, 2.45) is 0 Å². The van der Waals surface area contributed by atoms with Crippen LogP contribution in [-0.4, -0.2) is 18.7 Å². The van der Waals surface area contributed by atoms with E-state index in [-0.39, 0.29) is 11.1 Å². The number of nitrogens with zero attached hydrogens (tertiary/aromatic N) is 4. The molecule has 0 atom stereocenters. The molecule has 0 spiro atoms. The molecular weight excluding hydrogens is 709 g/mol. The molecule has 5 aromatic heterocycles. The van der Waals surface area contributed by atoms with Gasteiger partial charge in [-0.2, -0.15) is 0 Å². The Hall–Kier alpha value is -7.35. The highest BCUT2D eigenvalue weighted by Crippen LogP contribution is 2.42. The molecule has 12 aromatic rings. The Kier molecular flexibility index (Phi) is 6.42. The molecule has 12 rings (SSSR count). The first-order valence-electron chi connectivity index (χ1n) is 18.5. The van der Waals surface area contributed by atoms with E-state index in [4.69, 9.17) is 0 Å². The first-order valence-corrected chi connectivity index (χ1v) is 19.4. The van der Waals surface area contributed by atoms with Crippen LogP contribution in [0.3, 0.4) is 0 Å². The summed E-state index contributed by atoms with van der Waals surface area (Å²) in [6, 6.07) is 53.3. The molecule has 0 N–H and O–H groups in total. The van der Waals surface area contributed by atoms with Crippen molar-refractivity contribution >= 4 is 96.7 Å². The van der Waals surface area contributed by atoms with E-state index in [0.717, 1.165) is 75.2 Å². The van der Waals surface area contributed by atoms with E-state index in [1.807, 2.05) is 72.9 Å². The third-order valence-electron chi connectivity index (χ3n) is 11.3. The summed E-state index contributed by atoms with van der Waals surface area (Å²) in [5.74, 6) is 0. The van der Waals surface area contributed by atoms with Crippen LogP contribution in [0.5, 0.6) is 0 Å². The van der Waals surface area contributed by atoms with Gasteiger partial charge >= 0.3 is 0 Å². The minimum atomic E-state index is -0.360. The molecule has 0 saturated heterocycles. The molecule has 0 aliphatic heterocycles. The molecule has 6 nitrogen and oxygen atoms in total. The summed E-state index contributed by atoms with van der Waals surface area (Å²) < 4.78 is 7.82. The number of hydrogen-bond acceptors (Lipinski definition) is 4.